The van der Waals surface area contributed by atoms with Crippen molar-refractivity contribution in [2.75, 3.05) is 13.1 Å². The van der Waals surface area contributed by atoms with Crippen LogP contribution in [0.15, 0.2) is 18.2 Å². The summed E-state index contributed by atoms with van der Waals surface area (Å²) in [5.41, 5.74) is 3.38. The second-order valence-corrected chi connectivity index (χ2v) is 4.68. The molecular weight excluding hydrogens is 208 g/mol. The van der Waals surface area contributed by atoms with Gasteiger partial charge in [0.15, 0.2) is 0 Å². The van der Waals surface area contributed by atoms with Crippen molar-refractivity contribution in [1.82, 2.24) is 5.32 Å². The minimum Gasteiger partial charge on any atom is -0.311 e. The van der Waals surface area contributed by atoms with Crippen molar-refractivity contribution in [3.05, 3.63) is 34.9 Å². The van der Waals surface area contributed by atoms with Crippen LogP contribution >= 0.6 is 0 Å². The third kappa shape index (κ3) is 2.24. The van der Waals surface area contributed by atoms with Crippen LogP contribution in [-0.4, -0.2) is 19.0 Å². The van der Waals surface area contributed by atoms with Gasteiger partial charge in [-0.1, -0.05) is 18.2 Å². The molecule has 1 saturated heterocycles. The van der Waals surface area contributed by atoms with Crippen LogP contribution in [0.4, 0.5) is 8.78 Å². The molecular formula is C13H17F2N. The van der Waals surface area contributed by atoms with Gasteiger partial charge in [-0.3, -0.25) is 0 Å². The smallest absolute Gasteiger partial charge is 0.260 e. The molecule has 0 spiro atoms. The molecule has 88 valence electrons. The molecule has 1 aromatic carbocycles. The molecule has 16 heavy (non-hydrogen) atoms. The highest BCUT2D eigenvalue weighted by atomic mass is 19.3. The van der Waals surface area contributed by atoms with Gasteiger partial charge in [0.1, 0.15) is 0 Å². The van der Waals surface area contributed by atoms with Gasteiger partial charge in [0, 0.05) is 18.9 Å². The van der Waals surface area contributed by atoms with Gasteiger partial charge >= 0.3 is 0 Å². The summed E-state index contributed by atoms with van der Waals surface area (Å²) in [7, 11) is 0. The van der Waals surface area contributed by atoms with Crippen LogP contribution in [0, 0.1) is 13.8 Å². The molecule has 1 nitrogen and oxygen atoms in total. The number of benzene rings is 1. The first-order chi connectivity index (χ1) is 7.49. The average molecular weight is 225 g/mol. The van der Waals surface area contributed by atoms with Gasteiger partial charge in [-0.15, -0.1) is 0 Å². The molecule has 0 bridgehead atoms. The maximum absolute atomic E-state index is 13.3. The Morgan fingerprint density at radius 1 is 1.31 bits per heavy atom. The normalized spacial score (nSPS) is 24.4. The first-order valence-corrected chi connectivity index (χ1v) is 5.64. The van der Waals surface area contributed by atoms with Crippen LogP contribution in [0.25, 0.3) is 0 Å². The molecule has 1 fully saturated rings. The summed E-state index contributed by atoms with van der Waals surface area (Å²) in [5, 5.41) is 2.82. The van der Waals surface area contributed by atoms with Crippen LogP contribution < -0.4 is 5.32 Å². The highest BCUT2D eigenvalue weighted by Crippen LogP contribution is 2.34. The largest absolute Gasteiger partial charge is 0.311 e. The van der Waals surface area contributed by atoms with Crippen molar-refractivity contribution in [2.45, 2.75) is 32.1 Å². The third-order valence-electron chi connectivity index (χ3n) is 3.41. The van der Waals surface area contributed by atoms with E-state index in [0.717, 1.165) is 11.1 Å². The summed E-state index contributed by atoms with van der Waals surface area (Å²) in [6.45, 7) is 4.50. The first-order valence-electron chi connectivity index (χ1n) is 5.64. The molecule has 3 heteroatoms. The lowest BCUT2D eigenvalue weighted by molar-refractivity contribution is -0.0278. The average Bonchev–Trinajstić information content (AvgIpc) is 2.20. The number of alkyl halides is 2. The number of halogens is 2. The number of nitrogens with one attached hydrogen (secondary N) is 1. The van der Waals surface area contributed by atoms with Gasteiger partial charge in [0.2, 0.25) is 0 Å². The Morgan fingerprint density at radius 2 is 2.06 bits per heavy atom. The van der Waals surface area contributed by atoms with E-state index in [2.05, 4.69) is 5.32 Å². The second-order valence-electron chi connectivity index (χ2n) is 4.68. The van der Waals surface area contributed by atoms with Crippen molar-refractivity contribution in [2.24, 2.45) is 0 Å². The van der Waals surface area contributed by atoms with Crippen molar-refractivity contribution in [1.29, 1.82) is 0 Å². The molecule has 0 aromatic heterocycles. The highest BCUT2D eigenvalue weighted by molar-refractivity contribution is 5.36. The molecule has 2 rings (SSSR count). The van der Waals surface area contributed by atoms with Crippen molar-refractivity contribution < 1.29 is 8.78 Å². The Bertz CT molecular complexity index is 388. The Hall–Kier alpha value is -0.960. The van der Waals surface area contributed by atoms with Crippen LogP contribution in [0.2, 0.25) is 0 Å². The minimum absolute atomic E-state index is 0.0374. The monoisotopic (exact) mass is 225 g/mol. The Kier molecular flexibility index (Phi) is 2.98. The zero-order valence-electron chi connectivity index (χ0n) is 9.69. The quantitative estimate of drug-likeness (QED) is 0.774. The van der Waals surface area contributed by atoms with E-state index in [-0.39, 0.29) is 18.9 Å². The van der Waals surface area contributed by atoms with E-state index in [0.29, 0.717) is 6.54 Å². The molecule has 1 aromatic rings. The molecule has 1 heterocycles. The molecule has 0 saturated carbocycles. The van der Waals surface area contributed by atoms with Crippen molar-refractivity contribution in [3.8, 4) is 0 Å². The van der Waals surface area contributed by atoms with Crippen LogP contribution in [0.5, 0.6) is 0 Å². The van der Waals surface area contributed by atoms with Gasteiger partial charge in [0.05, 0.1) is 6.54 Å². The van der Waals surface area contributed by atoms with Crippen molar-refractivity contribution >= 4 is 0 Å². The predicted octanol–water partition coefficient (Wildman–Crippen LogP) is 3.02. The Balaban J connectivity index is 2.27. The summed E-state index contributed by atoms with van der Waals surface area (Å²) < 4.78 is 26.6. The Labute approximate surface area is 94.9 Å². The van der Waals surface area contributed by atoms with Crippen LogP contribution in [0.1, 0.15) is 29.0 Å². The number of aryl methyl sites for hydroxylation is 1. The second kappa shape index (κ2) is 4.13. The fraction of sp³-hybridized carbons (Fsp3) is 0.538. The third-order valence-corrected chi connectivity index (χ3v) is 3.41. The molecule has 1 N–H and O–H groups in total. The van der Waals surface area contributed by atoms with Crippen LogP contribution in [0.3, 0.4) is 0 Å². The number of piperidine rings is 1. The zero-order chi connectivity index (χ0) is 11.8. The van der Waals surface area contributed by atoms with Crippen LogP contribution in [-0.2, 0) is 0 Å². The lowest BCUT2D eigenvalue weighted by atomic mass is 9.86. The fourth-order valence-electron chi connectivity index (χ4n) is 2.37. The van der Waals surface area contributed by atoms with Gasteiger partial charge in [-0.2, -0.15) is 0 Å². The van der Waals surface area contributed by atoms with E-state index in [1.807, 2.05) is 32.0 Å². The lowest BCUT2D eigenvalue weighted by Crippen LogP contribution is -2.43. The highest BCUT2D eigenvalue weighted by Gasteiger charge is 2.37. The van der Waals surface area contributed by atoms with Crippen molar-refractivity contribution in [3.63, 3.8) is 0 Å². The molecule has 1 aliphatic heterocycles. The van der Waals surface area contributed by atoms with E-state index in [4.69, 9.17) is 0 Å². The maximum Gasteiger partial charge on any atom is 0.260 e. The number of hydrogen-bond acceptors (Lipinski definition) is 1. The molecule has 1 unspecified atom stereocenters. The summed E-state index contributed by atoms with van der Waals surface area (Å²) in [6, 6.07) is 5.94. The minimum atomic E-state index is -2.57. The summed E-state index contributed by atoms with van der Waals surface area (Å²) in [4.78, 5) is 0. The molecule has 0 aliphatic carbocycles. The predicted molar refractivity (Wildman–Crippen MR) is 61.1 cm³/mol. The Morgan fingerprint density at radius 3 is 2.75 bits per heavy atom. The topological polar surface area (TPSA) is 12.0 Å². The molecule has 1 atom stereocenters. The van der Waals surface area contributed by atoms with E-state index < -0.39 is 5.92 Å². The first kappa shape index (κ1) is 11.5. The van der Waals surface area contributed by atoms with Gasteiger partial charge in [-0.25, -0.2) is 8.78 Å². The molecule has 1 aliphatic rings. The summed E-state index contributed by atoms with van der Waals surface area (Å²) in [6.07, 6.45) is -0.0374. The van der Waals surface area contributed by atoms with Gasteiger partial charge in [-0.05, 0) is 30.5 Å². The molecule has 0 amide bonds. The fourth-order valence-corrected chi connectivity index (χ4v) is 2.37. The summed E-state index contributed by atoms with van der Waals surface area (Å²) in [5.74, 6) is -2.64. The summed E-state index contributed by atoms with van der Waals surface area (Å²) >= 11 is 0. The lowest BCUT2D eigenvalue weighted by Gasteiger charge is -2.31. The molecule has 0 radical (unpaired) electrons. The van der Waals surface area contributed by atoms with Gasteiger partial charge in [0.25, 0.3) is 5.92 Å². The SMILES string of the molecule is Cc1cccc(C2CNCC(F)(F)C2)c1C. The number of rotatable bonds is 1. The van der Waals surface area contributed by atoms with E-state index in [1.165, 1.54) is 5.56 Å². The van der Waals surface area contributed by atoms with E-state index >= 15 is 0 Å². The number of hydrogen-bond donors (Lipinski definition) is 1. The van der Waals surface area contributed by atoms with E-state index in [9.17, 15) is 8.78 Å². The maximum atomic E-state index is 13.3. The zero-order valence-corrected chi connectivity index (χ0v) is 9.69. The standard InChI is InChI=1S/C13H17F2N/c1-9-4-3-5-12(10(9)2)11-6-13(14,15)8-16-7-11/h3-5,11,16H,6-8H2,1-2H3. The van der Waals surface area contributed by atoms with E-state index in [1.54, 1.807) is 0 Å². The van der Waals surface area contributed by atoms with Gasteiger partial charge < -0.3 is 5.32 Å².